The number of alkyl halides is 3. The van der Waals surface area contributed by atoms with Gasteiger partial charge < -0.3 is 20.5 Å². The molecule has 0 heterocycles. The van der Waals surface area contributed by atoms with Crippen LogP contribution in [0.3, 0.4) is 0 Å². The lowest BCUT2D eigenvalue weighted by atomic mass is 9.99. The van der Waals surface area contributed by atoms with E-state index in [1.807, 2.05) is 0 Å². The highest BCUT2D eigenvalue weighted by atomic mass is 35.5. The molecule has 1 atom stereocenters. The highest BCUT2D eigenvalue weighted by Gasteiger charge is 2.31. The Hall–Kier alpha value is -2.23. The summed E-state index contributed by atoms with van der Waals surface area (Å²) in [6, 6.07) is 5.77. The molecule has 158 valence electrons. The van der Waals surface area contributed by atoms with E-state index in [-0.39, 0.29) is 40.1 Å². The summed E-state index contributed by atoms with van der Waals surface area (Å²) in [7, 11) is 0. The number of amides is 1. The lowest BCUT2D eigenvalue weighted by Gasteiger charge is -2.16. The molecule has 0 radical (unpaired) electrons. The maximum Gasteiger partial charge on any atom is 0.573 e. The average molecular weight is 455 g/mol. The number of nitrogens with one attached hydrogen (secondary N) is 2. The first-order valence-electron chi connectivity index (χ1n) is 8.21. The number of hydrogen-bond acceptors (Lipinski definition) is 4. The van der Waals surface area contributed by atoms with Crippen LogP contribution >= 0.6 is 23.2 Å². The molecule has 0 aliphatic carbocycles. The molecule has 0 spiro atoms. The van der Waals surface area contributed by atoms with E-state index in [1.165, 1.54) is 19.1 Å². The quantitative estimate of drug-likeness (QED) is 0.515. The van der Waals surface area contributed by atoms with Gasteiger partial charge in [-0.25, -0.2) is 4.39 Å². The lowest BCUT2D eigenvalue weighted by Crippen LogP contribution is -2.30. The first kappa shape index (κ1) is 23.1. The number of carbonyl (C=O) groups is 1. The molecule has 29 heavy (non-hydrogen) atoms. The Morgan fingerprint density at radius 3 is 2.34 bits per heavy atom. The van der Waals surface area contributed by atoms with E-state index in [2.05, 4.69) is 15.4 Å². The maximum absolute atomic E-state index is 14.5. The van der Waals surface area contributed by atoms with Crippen molar-refractivity contribution in [1.29, 1.82) is 0 Å². The van der Waals surface area contributed by atoms with Crippen LogP contribution in [-0.2, 0) is 4.79 Å². The molecular formula is C18H16Cl2F4N2O3. The summed E-state index contributed by atoms with van der Waals surface area (Å²) < 4.78 is 55.2. The first-order valence-corrected chi connectivity index (χ1v) is 8.97. The Kier molecular flexibility index (Phi) is 7.56. The molecule has 2 rings (SSSR count). The van der Waals surface area contributed by atoms with Crippen molar-refractivity contribution in [2.45, 2.75) is 19.2 Å². The number of ether oxygens (including phenoxy) is 1. The van der Waals surface area contributed by atoms with Gasteiger partial charge in [0.2, 0.25) is 5.91 Å². The van der Waals surface area contributed by atoms with Gasteiger partial charge in [0.05, 0.1) is 28.3 Å². The number of rotatable bonds is 7. The number of aliphatic hydroxyl groups is 1. The molecule has 5 nitrogen and oxygen atoms in total. The van der Waals surface area contributed by atoms with Gasteiger partial charge in [-0.3, -0.25) is 4.79 Å². The van der Waals surface area contributed by atoms with E-state index in [0.29, 0.717) is 0 Å². The molecular weight excluding hydrogens is 439 g/mol. The zero-order chi connectivity index (χ0) is 21.8. The summed E-state index contributed by atoms with van der Waals surface area (Å²) in [4.78, 5) is 11.9. The van der Waals surface area contributed by atoms with Gasteiger partial charge in [0.25, 0.3) is 0 Å². The molecule has 2 aromatic rings. The van der Waals surface area contributed by atoms with Gasteiger partial charge in [-0.15, -0.1) is 13.2 Å². The van der Waals surface area contributed by atoms with Crippen LogP contribution < -0.4 is 15.4 Å². The topological polar surface area (TPSA) is 70.6 Å². The molecule has 3 N–H and O–H groups in total. The van der Waals surface area contributed by atoms with Crippen molar-refractivity contribution in [2.24, 2.45) is 0 Å². The SMILES string of the molecule is CC(C(=O)NCCO)c1ccc(Nc2c(Cl)cc(OC(F)(F)F)cc2Cl)cc1F. The van der Waals surface area contributed by atoms with E-state index in [1.54, 1.807) is 0 Å². The van der Waals surface area contributed by atoms with Gasteiger partial charge >= 0.3 is 6.36 Å². The van der Waals surface area contributed by atoms with E-state index < -0.39 is 29.8 Å². The fourth-order valence-electron chi connectivity index (χ4n) is 2.44. The Bertz CT molecular complexity index is 871. The maximum atomic E-state index is 14.5. The van der Waals surface area contributed by atoms with Crippen molar-refractivity contribution in [3.05, 3.63) is 51.8 Å². The number of carbonyl (C=O) groups excluding carboxylic acids is 1. The van der Waals surface area contributed by atoms with Crippen molar-refractivity contribution in [3.8, 4) is 5.75 Å². The van der Waals surface area contributed by atoms with Crippen molar-refractivity contribution in [2.75, 3.05) is 18.5 Å². The Labute approximate surface area is 173 Å². The minimum atomic E-state index is -4.90. The van der Waals surface area contributed by atoms with Crippen molar-refractivity contribution >= 4 is 40.5 Å². The molecule has 11 heteroatoms. The van der Waals surface area contributed by atoms with Crippen LogP contribution in [0, 0.1) is 5.82 Å². The van der Waals surface area contributed by atoms with Gasteiger partial charge in [-0.05, 0) is 19.1 Å². The zero-order valence-corrected chi connectivity index (χ0v) is 16.4. The summed E-state index contributed by atoms with van der Waals surface area (Å²) in [5.41, 5.74) is 0.392. The van der Waals surface area contributed by atoms with Crippen molar-refractivity contribution in [3.63, 3.8) is 0 Å². The lowest BCUT2D eigenvalue weighted by molar-refractivity contribution is -0.274. The average Bonchev–Trinajstić information content (AvgIpc) is 2.61. The molecule has 0 aromatic heterocycles. The monoisotopic (exact) mass is 454 g/mol. The third-order valence-electron chi connectivity index (χ3n) is 3.79. The second kappa shape index (κ2) is 9.51. The highest BCUT2D eigenvalue weighted by molar-refractivity contribution is 6.39. The molecule has 0 saturated heterocycles. The smallest absolute Gasteiger partial charge is 0.406 e. The van der Waals surface area contributed by atoms with Crippen LogP contribution in [-0.4, -0.2) is 30.5 Å². The molecule has 2 aromatic carbocycles. The predicted octanol–water partition coefficient (Wildman–Crippen LogP) is 4.99. The van der Waals surface area contributed by atoms with Crippen LogP contribution in [0.15, 0.2) is 30.3 Å². The van der Waals surface area contributed by atoms with Crippen molar-refractivity contribution in [1.82, 2.24) is 5.32 Å². The summed E-state index contributed by atoms with van der Waals surface area (Å²) in [6.07, 6.45) is -4.90. The second-order valence-corrected chi connectivity index (χ2v) is 6.72. The molecule has 0 aliphatic rings. The minimum Gasteiger partial charge on any atom is -0.406 e. The summed E-state index contributed by atoms with van der Waals surface area (Å²) in [5, 5.41) is 13.6. The summed E-state index contributed by atoms with van der Waals surface area (Å²) in [6.45, 7) is 1.32. The van der Waals surface area contributed by atoms with E-state index in [4.69, 9.17) is 28.3 Å². The number of benzene rings is 2. The zero-order valence-electron chi connectivity index (χ0n) is 14.9. The molecule has 1 unspecified atom stereocenters. The third kappa shape index (κ3) is 6.38. The highest BCUT2D eigenvalue weighted by Crippen LogP contribution is 2.38. The van der Waals surface area contributed by atoms with E-state index >= 15 is 0 Å². The standard InChI is InChI=1S/C18H16Cl2F4N2O3/c1-9(17(28)25-4-5-27)12-3-2-10(6-15(12)21)26-16-13(19)7-11(8-14(16)20)29-18(22,23)24/h2-3,6-9,26-27H,4-5H2,1H3,(H,25,28). The number of anilines is 2. The number of hydrogen-bond donors (Lipinski definition) is 3. The Morgan fingerprint density at radius 1 is 1.21 bits per heavy atom. The van der Waals surface area contributed by atoms with Crippen LogP contribution in [0.4, 0.5) is 28.9 Å². The molecule has 0 bridgehead atoms. The molecule has 1 amide bonds. The van der Waals surface area contributed by atoms with Gasteiger partial charge in [0.1, 0.15) is 11.6 Å². The summed E-state index contributed by atoms with van der Waals surface area (Å²) in [5.74, 6) is -2.54. The number of halogens is 6. The second-order valence-electron chi connectivity index (χ2n) is 5.91. The molecule has 0 fully saturated rings. The van der Waals surface area contributed by atoms with Gasteiger partial charge in [-0.2, -0.15) is 0 Å². The fraction of sp³-hybridized carbons (Fsp3) is 0.278. The minimum absolute atomic E-state index is 0.0511. The Morgan fingerprint density at radius 2 is 1.83 bits per heavy atom. The number of aliphatic hydroxyl groups excluding tert-OH is 1. The normalized spacial score (nSPS) is 12.4. The Balaban J connectivity index is 2.21. The molecule has 0 aliphatic heterocycles. The van der Waals surface area contributed by atoms with Gasteiger partial charge in [0, 0.05) is 29.9 Å². The summed E-state index contributed by atoms with van der Waals surface area (Å²) >= 11 is 11.9. The van der Waals surface area contributed by atoms with E-state index in [9.17, 15) is 22.4 Å². The molecule has 0 saturated carbocycles. The third-order valence-corrected chi connectivity index (χ3v) is 4.39. The van der Waals surface area contributed by atoms with Crippen LogP contribution in [0.2, 0.25) is 10.0 Å². The van der Waals surface area contributed by atoms with Crippen LogP contribution in [0.5, 0.6) is 5.75 Å². The van der Waals surface area contributed by atoms with Crippen LogP contribution in [0.25, 0.3) is 0 Å². The van der Waals surface area contributed by atoms with Gasteiger partial charge in [0.15, 0.2) is 0 Å². The van der Waals surface area contributed by atoms with Gasteiger partial charge in [-0.1, -0.05) is 29.3 Å². The largest absolute Gasteiger partial charge is 0.573 e. The fourth-order valence-corrected chi connectivity index (χ4v) is 3.00. The van der Waals surface area contributed by atoms with Crippen LogP contribution in [0.1, 0.15) is 18.4 Å². The predicted molar refractivity (Wildman–Crippen MR) is 101 cm³/mol. The first-order chi connectivity index (χ1) is 13.5. The van der Waals surface area contributed by atoms with E-state index in [0.717, 1.165) is 18.2 Å². The van der Waals surface area contributed by atoms with Crippen molar-refractivity contribution < 1.29 is 32.2 Å².